The lowest BCUT2D eigenvalue weighted by molar-refractivity contribution is -0.260. The summed E-state index contributed by atoms with van der Waals surface area (Å²) in [4.78, 5) is 63.7. The first-order valence-electron chi connectivity index (χ1n) is 31.0. The summed E-state index contributed by atoms with van der Waals surface area (Å²) in [5.74, 6) is 14.1. The third-order valence-electron chi connectivity index (χ3n) is 31.6. The van der Waals surface area contributed by atoms with Crippen LogP contribution in [0.15, 0.2) is 23.8 Å². The molecule has 0 radical (unpaired) electrons. The minimum absolute atomic E-state index is 0.105. The maximum atomic E-state index is 16.2. The van der Waals surface area contributed by atoms with Crippen molar-refractivity contribution in [2.24, 2.45) is 233 Å². The molecule has 0 aromatic heterocycles. The molecule has 0 aromatic carbocycles. The van der Waals surface area contributed by atoms with Crippen LogP contribution in [-0.2, 0) is 38.1 Å². The summed E-state index contributed by atoms with van der Waals surface area (Å²) in [5, 5.41) is 0. The Balaban J connectivity index is 0.889. The zero-order valence-corrected chi connectivity index (χ0v) is 43.1. The van der Waals surface area contributed by atoms with Crippen molar-refractivity contribution in [3.63, 3.8) is 0 Å². The van der Waals surface area contributed by atoms with Gasteiger partial charge in [0.05, 0.1) is 0 Å². The van der Waals surface area contributed by atoms with E-state index in [-0.39, 0.29) is 106 Å². The van der Waals surface area contributed by atoms with E-state index >= 15 is 19.2 Å². The Morgan fingerprint density at radius 1 is 0.568 bits per heavy atom. The molecule has 0 heterocycles. The number of carbonyl (C=O) groups is 4. The standard InChI is InChI=1S/C62H78N4O8/c1-57(53(67)71-12-8-63,54(68)72-13-9-64)59-7-5-24-18-25-17-23-4-6-58-21-28-20-27-19-26-16-22-2-3-29(59)35-30(22)36-32(26)45-47-43-40(36)39(35)46-42-38(34(24)51(46)59)31(25)37-33(23)50(58)48(44(37)41(42)43)52(47)60(49(27)45)61(62(28,58)60,55(69)73-14-10-65)56(70)74-15-11-66/h4,6,19,22-26,28-52H,2-3,5,7-18,20-21,63-66H2,1H3. The molecule has 20 rings (SSSR count). The number of allylic oxidation sites excluding steroid dienone is 4. The van der Waals surface area contributed by atoms with Gasteiger partial charge in [0.2, 0.25) is 0 Å². The van der Waals surface area contributed by atoms with E-state index in [2.05, 4.69) is 18.2 Å². The number of fused-ring (bicyclic) bond motifs is 1. The zero-order valence-electron chi connectivity index (χ0n) is 43.1. The molecular weight excluding hydrogens is 929 g/mol. The quantitative estimate of drug-likeness (QED) is 0.0859. The van der Waals surface area contributed by atoms with Gasteiger partial charge in [-0.3, -0.25) is 19.2 Å². The predicted octanol–water partition coefficient (Wildman–Crippen LogP) is 4.68. The van der Waals surface area contributed by atoms with Crippen LogP contribution in [0.3, 0.4) is 0 Å². The van der Waals surface area contributed by atoms with Crippen molar-refractivity contribution in [2.45, 2.75) is 64.7 Å². The summed E-state index contributed by atoms with van der Waals surface area (Å²) in [7, 11) is 0. The van der Waals surface area contributed by atoms with Gasteiger partial charge in [-0.25, -0.2) is 0 Å². The molecule has 394 valence electrons. The van der Waals surface area contributed by atoms with Crippen LogP contribution < -0.4 is 22.9 Å². The fourth-order valence-corrected chi connectivity index (χ4v) is 33.3. The highest BCUT2D eigenvalue weighted by Gasteiger charge is 3.13. The fourth-order valence-electron chi connectivity index (χ4n) is 33.3. The maximum absolute atomic E-state index is 16.2. The maximum Gasteiger partial charge on any atom is 0.324 e. The van der Waals surface area contributed by atoms with Crippen molar-refractivity contribution in [1.82, 2.24) is 0 Å². The lowest BCUT2D eigenvalue weighted by atomic mass is 9.30. The van der Waals surface area contributed by atoms with Gasteiger partial charge in [0.25, 0.3) is 0 Å². The van der Waals surface area contributed by atoms with Gasteiger partial charge in [-0.05, 0) is 242 Å². The highest BCUT2D eigenvalue weighted by Crippen LogP contribution is 3.10. The van der Waals surface area contributed by atoms with E-state index in [1.54, 1.807) is 5.57 Å². The first-order chi connectivity index (χ1) is 36.1. The third-order valence-corrected chi connectivity index (χ3v) is 31.6. The van der Waals surface area contributed by atoms with E-state index in [1.165, 1.54) is 25.7 Å². The Kier molecular flexibility index (Phi) is 7.45. The zero-order chi connectivity index (χ0) is 49.2. The van der Waals surface area contributed by atoms with Crippen LogP contribution in [0.25, 0.3) is 0 Å². The van der Waals surface area contributed by atoms with Crippen LogP contribution in [0.5, 0.6) is 0 Å². The highest BCUT2D eigenvalue weighted by atomic mass is 16.6. The molecule has 20 aliphatic carbocycles. The summed E-state index contributed by atoms with van der Waals surface area (Å²) in [5.41, 5.74) is 21.8. The van der Waals surface area contributed by atoms with Crippen LogP contribution in [0.2, 0.25) is 0 Å². The molecule has 12 nitrogen and oxygen atoms in total. The van der Waals surface area contributed by atoms with Gasteiger partial charge < -0.3 is 41.9 Å². The SMILES string of the molecule is CC(C(=O)OCCN)(C(=O)OCCN)C12CCC3CC4CC5C=CC67CC8CC9=CC%10CC%11CCC1C1C%11C%11C%10C%10C%12C%13C%11C1C1C%11C%13C%13C(C4C%11C3C12)C5C6C%13C%12C1(C9%10)C(C(=O)OCCN)(C(=O)OCCN)C871. The predicted molar refractivity (Wildman–Crippen MR) is 264 cm³/mol. The second-order valence-electron chi connectivity index (χ2n) is 30.6. The summed E-state index contributed by atoms with van der Waals surface area (Å²) < 4.78 is 25.7. The Morgan fingerprint density at radius 3 is 1.86 bits per heavy atom. The Hall–Kier alpha value is -2.80. The minimum Gasteiger partial charge on any atom is -0.463 e. The topological polar surface area (TPSA) is 209 Å². The van der Waals surface area contributed by atoms with E-state index in [0.29, 0.717) is 154 Å². The summed E-state index contributed by atoms with van der Waals surface area (Å²) in [6.07, 6.45) is 18.5. The first-order valence-corrected chi connectivity index (χ1v) is 31.0. The molecule has 0 aromatic rings. The van der Waals surface area contributed by atoms with Crippen LogP contribution in [0.1, 0.15) is 64.7 Å². The van der Waals surface area contributed by atoms with E-state index in [4.69, 9.17) is 41.9 Å². The van der Waals surface area contributed by atoms with Crippen LogP contribution in [-0.4, -0.2) is 76.5 Å². The lowest BCUT2D eigenvalue weighted by Crippen LogP contribution is -2.71. The van der Waals surface area contributed by atoms with Gasteiger partial charge >= 0.3 is 23.9 Å². The van der Waals surface area contributed by atoms with E-state index in [9.17, 15) is 0 Å². The van der Waals surface area contributed by atoms with E-state index in [0.717, 1.165) is 32.1 Å². The second kappa shape index (κ2) is 12.8. The molecular formula is C62H78N4O8. The normalized spacial score (nSPS) is 63.2. The number of rotatable bonds is 13. The molecule has 8 N–H and O–H groups in total. The molecule has 12 heteroatoms. The van der Waals surface area contributed by atoms with Gasteiger partial charge in [-0.15, -0.1) is 0 Å². The molecule has 0 amide bonds. The van der Waals surface area contributed by atoms with Crippen molar-refractivity contribution in [2.75, 3.05) is 52.6 Å². The molecule has 18 saturated carbocycles. The number of carbonyl (C=O) groups excluding carboxylic acids is 4. The van der Waals surface area contributed by atoms with Crippen LogP contribution >= 0.6 is 0 Å². The summed E-state index contributed by atoms with van der Waals surface area (Å²) >= 11 is 0. The van der Waals surface area contributed by atoms with Crippen molar-refractivity contribution >= 4 is 23.9 Å². The molecule has 18 fully saturated rings. The van der Waals surface area contributed by atoms with Crippen LogP contribution in [0.4, 0.5) is 0 Å². The second-order valence-corrected chi connectivity index (χ2v) is 30.6. The van der Waals surface area contributed by atoms with Crippen molar-refractivity contribution in [3.05, 3.63) is 23.8 Å². The summed E-state index contributed by atoms with van der Waals surface area (Å²) in [6.45, 7) is 3.41. The average molecular weight is 1010 g/mol. The molecule has 74 heavy (non-hydrogen) atoms. The molecule has 0 aliphatic heterocycles. The van der Waals surface area contributed by atoms with Gasteiger partial charge in [-0.1, -0.05) is 23.8 Å². The number of nitrogens with two attached hydrogens (primary N) is 4. The highest BCUT2D eigenvalue weighted by molar-refractivity contribution is 6.09. The number of hydrogen-bond donors (Lipinski definition) is 4. The van der Waals surface area contributed by atoms with Gasteiger partial charge in [0, 0.05) is 47.8 Å². The Morgan fingerprint density at radius 2 is 1.15 bits per heavy atom. The number of ether oxygens (including phenoxy) is 4. The number of hydrogen-bond acceptors (Lipinski definition) is 12. The van der Waals surface area contributed by atoms with Crippen molar-refractivity contribution < 1.29 is 38.1 Å². The fraction of sp³-hybridized carbons (Fsp3) is 0.871. The molecule has 0 saturated heterocycles. The molecule has 3 spiro atoms. The van der Waals surface area contributed by atoms with Gasteiger partial charge in [-0.2, -0.15) is 0 Å². The van der Waals surface area contributed by atoms with Crippen molar-refractivity contribution in [3.8, 4) is 0 Å². The van der Waals surface area contributed by atoms with E-state index < -0.39 is 27.1 Å². The average Bonchev–Trinajstić information content (AvgIpc) is 2.66. The smallest absolute Gasteiger partial charge is 0.324 e. The molecule has 0 bridgehead atoms. The van der Waals surface area contributed by atoms with Crippen molar-refractivity contribution in [1.29, 1.82) is 0 Å². The Bertz CT molecular complexity index is 2760. The van der Waals surface area contributed by atoms with Gasteiger partial charge in [0.15, 0.2) is 10.8 Å². The monoisotopic (exact) mass is 1010 g/mol. The Labute approximate surface area is 434 Å². The number of esters is 4. The molecule has 34 atom stereocenters. The molecule has 34 unspecified atom stereocenters. The minimum atomic E-state index is -1.45. The van der Waals surface area contributed by atoms with E-state index in [1.807, 2.05) is 6.92 Å². The largest absolute Gasteiger partial charge is 0.463 e. The lowest BCUT2D eigenvalue weighted by Gasteiger charge is -2.73. The molecule has 20 aliphatic rings. The van der Waals surface area contributed by atoms with Gasteiger partial charge in [0.1, 0.15) is 26.4 Å². The summed E-state index contributed by atoms with van der Waals surface area (Å²) in [6, 6.07) is 0. The third kappa shape index (κ3) is 3.52. The first kappa shape index (κ1) is 43.1. The van der Waals surface area contributed by atoms with Crippen LogP contribution in [0, 0.1) is 210 Å².